The molecule has 2 aliphatic heterocycles. The Balaban J connectivity index is 1.37. The van der Waals surface area contributed by atoms with Crippen molar-refractivity contribution in [3.05, 3.63) is 71.6 Å². The van der Waals surface area contributed by atoms with E-state index in [1.807, 2.05) is 44.4 Å². The van der Waals surface area contributed by atoms with Crippen LogP contribution in [0.4, 0.5) is 8.78 Å². The van der Waals surface area contributed by atoms with Crippen molar-refractivity contribution in [3.63, 3.8) is 0 Å². The molecular weight excluding hydrogens is 540 g/mol. The number of hydrogen-bond acceptors (Lipinski definition) is 6. The average molecular weight is 576 g/mol. The van der Waals surface area contributed by atoms with Crippen molar-refractivity contribution < 1.29 is 17.9 Å². The highest BCUT2D eigenvalue weighted by Crippen LogP contribution is 2.48. The van der Waals surface area contributed by atoms with Crippen molar-refractivity contribution >= 4 is 25.6 Å². The molecule has 2 bridgehead atoms. The third-order valence-corrected chi connectivity index (χ3v) is 13.3. The maximum absolute atomic E-state index is 13.3. The van der Waals surface area contributed by atoms with Crippen molar-refractivity contribution in [2.45, 2.75) is 83.5 Å². The maximum atomic E-state index is 13.3. The van der Waals surface area contributed by atoms with Gasteiger partial charge in [-0.2, -0.15) is 8.78 Å². The number of benzene rings is 2. The lowest BCUT2D eigenvalue weighted by Crippen LogP contribution is -2.46. The summed E-state index contributed by atoms with van der Waals surface area (Å²) in [6, 6.07) is 10.9. The van der Waals surface area contributed by atoms with Crippen LogP contribution in [0.2, 0.25) is 18.1 Å². The number of halogens is 2. The molecule has 2 aromatic carbocycles. The van der Waals surface area contributed by atoms with Gasteiger partial charge in [0.1, 0.15) is 23.2 Å². The second-order valence-corrected chi connectivity index (χ2v) is 17.6. The van der Waals surface area contributed by atoms with E-state index >= 15 is 0 Å². The van der Waals surface area contributed by atoms with E-state index in [1.54, 1.807) is 18.3 Å². The Kier molecular flexibility index (Phi) is 6.42. The van der Waals surface area contributed by atoms with Gasteiger partial charge in [-0.05, 0) is 55.7 Å². The largest absolute Gasteiger partial charge is 0.434 e. The summed E-state index contributed by atoms with van der Waals surface area (Å²) in [7, 11) is -2.04. The lowest BCUT2D eigenvalue weighted by Gasteiger charge is -2.42. The third-order valence-electron chi connectivity index (χ3n) is 8.66. The minimum absolute atomic E-state index is 0.0701. The van der Waals surface area contributed by atoms with Gasteiger partial charge in [0.15, 0.2) is 14.1 Å². The van der Waals surface area contributed by atoms with Crippen molar-refractivity contribution in [3.8, 4) is 16.9 Å². The zero-order valence-corrected chi connectivity index (χ0v) is 25.4. The van der Waals surface area contributed by atoms with Crippen LogP contribution < -0.4 is 4.74 Å². The molecule has 0 amide bonds. The molecular formula is C31H35F2N5O2Si. The Bertz CT molecular complexity index is 1660. The van der Waals surface area contributed by atoms with Gasteiger partial charge in [-0.3, -0.25) is 4.99 Å². The van der Waals surface area contributed by atoms with Gasteiger partial charge in [-0.25, -0.2) is 15.0 Å². The fraction of sp³-hybridized carbons (Fsp3) is 0.419. The number of aliphatic imine (C=N–C) groups is 1. The molecule has 4 aromatic rings. The Morgan fingerprint density at radius 1 is 1.00 bits per heavy atom. The average Bonchev–Trinajstić information content (AvgIpc) is 3.35. The van der Waals surface area contributed by atoms with E-state index in [9.17, 15) is 8.78 Å². The van der Waals surface area contributed by atoms with Crippen LogP contribution in [-0.2, 0) is 10.0 Å². The number of aromatic nitrogens is 4. The summed E-state index contributed by atoms with van der Waals surface area (Å²) < 4.78 is 40.4. The van der Waals surface area contributed by atoms with Crippen LogP contribution in [0, 0.1) is 0 Å². The Morgan fingerprint density at radius 2 is 1.73 bits per heavy atom. The van der Waals surface area contributed by atoms with Gasteiger partial charge in [0.2, 0.25) is 0 Å². The molecule has 214 valence electrons. The topological polar surface area (TPSA) is 74.4 Å². The molecule has 2 atom stereocenters. The van der Waals surface area contributed by atoms with Crippen LogP contribution in [0.5, 0.6) is 5.75 Å². The first kappa shape index (κ1) is 27.7. The number of alkyl halides is 2. The molecule has 6 rings (SSSR count). The van der Waals surface area contributed by atoms with Gasteiger partial charge in [0, 0.05) is 41.7 Å². The molecule has 2 aliphatic rings. The number of rotatable bonds is 6. The highest BCUT2D eigenvalue weighted by molar-refractivity contribution is 6.74. The highest BCUT2D eigenvalue weighted by Gasteiger charge is 2.43. The third kappa shape index (κ3) is 4.76. The summed E-state index contributed by atoms with van der Waals surface area (Å²) in [6.07, 6.45) is 6.05. The number of imidazole rings is 1. The minimum atomic E-state index is -2.91. The summed E-state index contributed by atoms with van der Waals surface area (Å²) in [4.78, 5) is 19.1. The van der Waals surface area contributed by atoms with Gasteiger partial charge >= 0.3 is 6.61 Å². The molecule has 0 spiro atoms. The van der Waals surface area contributed by atoms with Crippen LogP contribution in [0.3, 0.4) is 0 Å². The predicted molar refractivity (Wildman–Crippen MR) is 158 cm³/mol. The van der Waals surface area contributed by atoms with E-state index in [-0.39, 0.29) is 22.9 Å². The highest BCUT2D eigenvalue weighted by atomic mass is 28.4. The molecule has 0 fully saturated rings. The molecule has 41 heavy (non-hydrogen) atoms. The van der Waals surface area contributed by atoms with E-state index < -0.39 is 20.5 Å². The Morgan fingerprint density at radius 3 is 2.41 bits per heavy atom. The summed E-state index contributed by atoms with van der Waals surface area (Å²) in [5, 5.41) is 0.0701. The van der Waals surface area contributed by atoms with Crippen LogP contribution >= 0.6 is 0 Å². The molecule has 10 heteroatoms. The lowest BCUT2D eigenvalue weighted by molar-refractivity contribution is -0.0506. The smallest absolute Gasteiger partial charge is 0.387 e. The molecule has 2 aromatic heterocycles. The van der Waals surface area contributed by atoms with Crippen molar-refractivity contribution in [1.29, 1.82) is 0 Å². The van der Waals surface area contributed by atoms with E-state index in [0.29, 0.717) is 17.8 Å². The standard InChI is InChI=1S/C31H35F2N5O2Si/c1-30(2,3)41(6,7)40-31(4,5)28-35-16-20(17-36-28)18-11-12-21-23(13-18)38-24-14-22(27(38)37-21)34-15-19-9-8-10-25(26(19)24)39-29(32)33/h8-13,15-17,22,24,29H,14H2,1-7H3/t22-,24-/m1/s1. The summed E-state index contributed by atoms with van der Waals surface area (Å²) >= 11 is 0. The van der Waals surface area contributed by atoms with Crippen molar-refractivity contribution in [2.24, 2.45) is 4.99 Å². The predicted octanol–water partition coefficient (Wildman–Crippen LogP) is 7.82. The first-order valence-electron chi connectivity index (χ1n) is 13.9. The fourth-order valence-corrected chi connectivity index (χ4v) is 7.35. The molecule has 0 radical (unpaired) electrons. The molecule has 4 heterocycles. The zero-order valence-electron chi connectivity index (χ0n) is 24.4. The van der Waals surface area contributed by atoms with Gasteiger partial charge in [0.05, 0.1) is 17.1 Å². The minimum Gasteiger partial charge on any atom is -0.434 e. The van der Waals surface area contributed by atoms with Crippen molar-refractivity contribution in [2.75, 3.05) is 0 Å². The molecule has 0 aliphatic carbocycles. The Hall–Kier alpha value is -3.50. The van der Waals surface area contributed by atoms with Gasteiger partial charge < -0.3 is 13.7 Å². The van der Waals surface area contributed by atoms with Crippen LogP contribution in [0.25, 0.3) is 22.2 Å². The number of nitrogens with zero attached hydrogens (tertiary/aromatic N) is 5. The molecule has 0 saturated carbocycles. The van der Waals surface area contributed by atoms with E-state index in [0.717, 1.165) is 33.5 Å². The first-order chi connectivity index (χ1) is 19.2. The SMILES string of the molecule is CC(C)(O[Si](C)(C)C(C)(C)C)c1ncc(-c2ccc3nc4n(c3c2)[C@@H]2C[C@H]4N=Cc3cccc(OC(F)F)c32)cn1. The van der Waals surface area contributed by atoms with Gasteiger partial charge in [-0.15, -0.1) is 0 Å². The van der Waals surface area contributed by atoms with E-state index in [4.69, 9.17) is 29.1 Å². The monoisotopic (exact) mass is 575 g/mol. The van der Waals surface area contributed by atoms with Crippen LogP contribution in [0.1, 0.15) is 75.9 Å². The summed E-state index contributed by atoms with van der Waals surface area (Å²) in [6.45, 7) is 12.2. The second-order valence-electron chi connectivity index (χ2n) is 12.9. The number of ether oxygens (including phenoxy) is 1. The lowest BCUT2D eigenvalue weighted by atomic mass is 9.97. The van der Waals surface area contributed by atoms with Crippen LogP contribution in [0.15, 0.2) is 53.8 Å². The summed E-state index contributed by atoms with van der Waals surface area (Å²) in [5.41, 5.74) is 4.41. The molecule has 0 N–H and O–H groups in total. The van der Waals surface area contributed by atoms with Gasteiger partial charge in [0.25, 0.3) is 0 Å². The fourth-order valence-electron chi connectivity index (χ4n) is 5.67. The molecule has 0 saturated heterocycles. The zero-order chi connectivity index (χ0) is 29.3. The quantitative estimate of drug-likeness (QED) is 0.219. The maximum Gasteiger partial charge on any atom is 0.387 e. The Labute approximate surface area is 239 Å². The summed E-state index contributed by atoms with van der Waals surface area (Å²) in [5.74, 6) is 1.64. The van der Waals surface area contributed by atoms with Gasteiger partial charge in [-0.1, -0.05) is 39.0 Å². The number of hydrogen-bond donors (Lipinski definition) is 0. The first-order valence-corrected chi connectivity index (χ1v) is 16.8. The normalized spacial score (nSPS) is 18.5. The number of fused-ring (bicyclic) bond motifs is 9. The molecule has 0 unspecified atom stereocenters. The van der Waals surface area contributed by atoms with Crippen LogP contribution in [-0.4, -0.2) is 40.7 Å². The van der Waals surface area contributed by atoms with E-state index in [1.165, 1.54) is 0 Å². The second kappa shape index (κ2) is 9.52. The molecule has 7 nitrogen and oxygen atoms in total. The van der Waals surface area contributed by atoms with Crippen molar-refractivity contribution in [1.82, 2.24) is 19.5 Å². The van der Waals surface area contributed by atoms with E-state index in [2.05, 4.69) is 44.5 Å².